The Morgan fingerprint density at radius 3 is 2.05 bits per heavy atom. The zero-order chi connectivity index (χ0) is 14.5. The molecule has 0 atom stereocenters. The smallest absolute Gasteiger partial charge is 0.175 e. The molecule has 0 amide bonds. The third-order valence-electron chi connectivity index (χ3n) is 3.62. The average molecular weight is 301 g/mol. The van der Waals surface area contributed by atoms with Crippen LogP contribution in [0.15, 0.2) is 29.2 Å². The highest BCUT2D eigenvalue weighted by Crippen LogP contribution is 2.30. The molecule has 1 rings (SSSR count). The van der Waals surface area contributed by atoms with Crippen LogP contribution in [0.1, 0.15) is 26.7 Å². The lowest BCUT2D eigenvalue weighted by Crippen LogP contribution is -2.31. The first-order chi connectivity index (χ1) is 8.87. The quantitative estimate of drug-likeness (QED) is 0.838. The van der Waals surface area contributed by atoms with Crippen molar-refractivity contribution in [3.05, 3.63) is 24.3 Å². The summed E-state index contributed by atoms with van der Waals surface area (Å²) in [4.78, 5) is 0.361. The van der Waals surface area contributed by atoms with Crippen LogP contribution in [0.2, 0.25) is 0 Å². The molecule has 1 aromatic carbocycles. The fourth-order valence-electron chi connectivity index (χ4n) is 1.94. The molecule has 1 N–H and O–H groups in total. The van der Waals surface area contributed by atoms with Crippen LogP contribution in [0, 0.1) is 0 Å². The van der Waals surface area contributed by atoms with Crippen LogP contribution in [0.5, 0.6) is 0 Å². The number of thioether (sulfide) groups is 1. The zero-order valence-corrected chi connectivity index (χ0v) is 13.7. The van der Waals surface area contributed by atoms with Gasteiger partial charge >= 0.3 is 0 Å². The third-order valence-corrected chi connectivity index (χ3v) is 6.34. The van der Waals surface area contributed by atoms with E-state index >= 15 is 0 Å². The molecule has 19 heavy (non-hydrogen) atoms. The van der Waals surface area contributed by atoms with E-state index in [9.17, 15) is 8.42 Å². The van der Waals surface area contributed by atoms with Crippen molar-refractivity contribution in [1.82, 2.24) is 0 Å². The van der Waals surface area contributed by atoms with Gasteiger partial charge in [0.25, 0.3) is 0 Å². The molecule has 0 aliphatic heterocycles. The summed E-state index contributed by atoms with van der Waals surface area (Å²) in [6.07, 6.45) is 5.59. The van der Waals surface area contributed by atoms with Crippen molar-refractivity contribution in [3.63, 3.8) is 0 Å². The molecule has 0 aliphatic carbocycles. The number of hydrogen-bond acceptors (Lipinski definition) is 4. The number of nitrogens with one attached hydrogen (secondary N) is 1. The maximum atomic E-state index is 11.4. The Hall–Kier alpha value is -0.680. The van der Waals surface area contributed by atoms with Crippen LogP contribution in [0.25, 0.3) is 0 Å². The normalized spacial score (nSPS) is 12.4. The van der Waals surface area contributed by atoms with Crippen LogP contribution in [0.4, 0.5) is 5.69 Å². The maximum Gasteiger partial charge on any atom is 0.175 e. The maximum absolute atomic E-state index is 11.4. The molecular formula is C14H23NO2S2. The highest BCUT2D eigenvalue weighted by Gasteiger charge is 2.24. The van der Waals surface area contributed by atoms with E-state index in [2.05, 4.69) is 25.4 Å². The Morgan fingerprint density at radius 1 is 1.16 bits per heavy atom. The van der Waals surface area contributed by atoms with Gasteiger partial charge in [0.1, 0.15) is 0 Å². The molecular weight excluding hydrogens is 278 g/mol. The Bertz CT molecular complexity index is 482. The summed E-state index contributed by atoms with van der Waals surface area (Å²) < 4.78 is 23.0. The number of rotatable bonds is 7. The van der Waals surface area contributed by atoms with Gasteiger partial charge in [0.15, 0.2) is 9.84 Å². The molecule has 0 spiro atoms. The molecule has 0 aromatic heterocycles. The standard InChI is InChI=1S/C14H23NO2S2/c1-5-14(6-2,18-3)11-15-12-7-9-13(10-8-12)19(4,16)17/h7-10,15H,5-6,11H2,1-4H3. The van der Waals surface area contributed by atoms with E-state index < -0.39 is 9.84 Å². The van der Waals surface area contributed by atoms with Gasteiger partial charge in [0.05, 0.1) is 4.90 Å². The molecule has 0 fully saturated rings. The van der Waals surface area contributed by atoms with Gasteiger partial charge in [0.2, 0.25) is 0 Å². The van der Waals surface area contributed by atoms with Crippen molar-refractivity contribution in [2.24, 2.45) is 0 Å². The van der Waals surface area contributed by atoms with Crippen molar-refractivity contribution in [2.75, 3.05) is 24.4 Å². The second-order valence-corrected chi connectivity index (χ2v) is 8.03. The van der Waals surface area contributed by atoms with Crippen LogP contribution in [-0.2, 0) is 9.84 Å². The van der Waals surface area contributed by atoms with E-state index in [4.69, 9.17) is 0 Å². The van der Waals surface area contributed by atoms with Crippen molar-refractivity contribution in [1.29, 1.82) is 0 Å². The Morgan fingerprint density at radius 2 is 1.68 bits per heavy atom. The van der Waals surface area contributed by atoms with Crippen LogP contribution in [0.3, 0.4) is 0 Å². The lowest BCUT2D eigenvalue weighted by molar-refractivity contribution is 0.574. The SMILES string of the molecule is CCC(CC)(CNc1ccc(S(C)(=O)=O)cc1)SC. The molecule has 0 heterocycles. The van der Waals surface area contributed by atoms with E-state index in [1.54, 1.807) is 12.1 Å². The molecule has 0 bridgehead atoms. The number of anilines is 1. The summed E-state index contributed by atoms with van der Waals surface area (Å²) in [5.74, 6) is 0. The molecule has 5 heteroatoms. The number of sulfone groups is 1. The van der Waals surface area contributed by atoms with Gasteiger partial charge in [-0.25, -0.2) is 8.42 Å². The average Bonchev–Trinajstić information content (AvgIpc) is 2.40. The molecule has 1 aromatic rings. The highest BCUT2D eigenvalue weighted by molar-refractivity contribution is 8.00. The van der Waals surface area contributed by atoms with Crippen molar-refractivity contribution < 1.29 is 8.42 Å². The predicted molar refractivity (Wildman–Crippen MR) is 84.9 cm³/mol. The van der Waals surface area contributed by atoms with Crippen LogP contribution in [-0.4, -0.2) is 32.2 Å². The second-order valence-electron chi connectivity index (χ2n) is 4.74. The van der Waals surface area contributed by atoms with Crippen LogP contribution < -0.4 is 5.32 Å². The van der Waals surface area contributed by atoms with Crippen molar-refractivity contribution in [2.45, 2.75) is 36.3 Å². The second kappa shape index (κ2) is 6.66. The van der Waals surface area contributed by atoms with Crippen molar-refractivity contribution in [3.8, 4) is 0 Å². The topological polar surface area (TPSA) is 46.2 Å². The molecule has 0 saturated carbocycles. The summed E-state index contributed by atoms with van der Waals surface area (Å²) in [6, 6.07) is 6.95. The highest BCUT2D eigenvalue weighted by atomic mass is 32.2. The third kappa shape index (κ3) is 4.42. The molecule has 3 nitrogen and oxygen atoms in total. The summed E-state index contributed by atoms with van der Waals surface area (Å²) in [7, 11) is -3.11. The minimum Gasteiger partial charge on any atom is -0.384 e. The summed E-state index contributed by atoms with van der Waals surface area (Å²) in [5.41, 5.74) is 0.965. The zero-order valence-electron chi connectivity index (χ0n) is 12.1. The number of benzene rings is 1. The van der Waals surface area contributed by atoms with E-state index in [1.807, 2.05) is 23.9 Å². The monoisotopic (exact) mass is 301 g/mol. The minimum absolute atomic E-state index is 0.246. The summed E-state index contributed by atoms with van der Waals surface area (Å²) >= 11 is 1.89. The van der Waals surface area contributed by atoms with Gasteiger partial charge in [-0.05, 0) is 43.4 Å². The lowest BCUT2D eigenvalue weighted by Gasteiger charge is -2.30. The first-order valence-electron chi connectivity index (χ1n) is 6.46. The molecule has 0 aliphatic rings. The fraction of sp³-hybridized carbons (Fsp3) is 0.571. The van der Waals surface area contributed by atoms with E-state index in [0.29, 0.717) is 4.90 Å². The first kappa shape index (κ1) is 16.4. The Labute approximate surface area is 121 Å². The Kier molecular flexibility index (Phi) is 5.74. The summed E-state index contributed by atoms with van der Waals surface area (Å²) in [5, 5.41) is 3.40. The van der Waals surface area contributed by atoms with Gasteiger partial charge in [0, 0.05) is 23.2 Å². The van der Waals surface area contributed by atoms with Gasteiger partial charge in [-0.3, -0.25) is 0 Å². The lowest BCUT2D eigenvalue weighted by atomic mass is 10.0. The van der Waals surface area contributed by atoms with Crippen molar-refractivity contribution >= 4 is 27.3 Å². The molecule has 0 radical (unpaired) electrons. The van der Waals surface area contributed by atoms with E-state index in [1.165, 1.54) is 6.26 Å². The molecule has 0 saturated heterocycles. The Balaban J connectivity index is 2.74. The summed E-state index contributed by atoms with van der Waals surface area (Å²) in [6.45, 7) is 5.29. The molecule has 0 unspecified atom stereocenters. The first-order valence-corrected chi connectivity index (χ1v) is 9.57. The van der Waals surface area contributed by atoms with E-state index in [-0.39, 0.29) is 4.75 Å². The number of hydrogen-bond donors (Lipinski definition) is 1. The van der Waals surface area contributed by atoms with E-state index in [0.717, 1.165) is 25.1 Å². The van der Waals surface area contributed by atoms with Crippen LogP contribution >= 0.6 is 11.8 Å². The minimum atomic E-state index is -3.11. The predicted octanol–water partition coefficient (Wildman–Crippen LogP) is 3.42. The van der Waals surface area contributed by atoms with Gasteiger partial charge in [-0.1, -0.05) is 13.8 Å². The fourth-order valence-corrected chi connectivity index (χ4v) is 3.37. The molecule has 108 valence electrons. The van der Waals surface area contributed by atoms with Gasteiger partial charge in [-0.2, -0.15) is 11.8 Å². The van der Waals surface area contributed by atoms with Gasteiger partial charge in [-0.15, -0.1) is 0 Å². The van der Waals surface area contributed by atoms with Gasteiger partial charge < -0.3 is 5.32 Å². The largest absolute Gasteiger partial charge is 0.384 e.